The van der Waals surface area contributed by atoms with Crippen LogP contribution in [0.4, 0.5) is 0 Å². The summed E-state index contributed by atoms with van der Waals surface area (Å²) in [5, 5.41) is 0.829. The van der Waals surface area contributed by atoms with Crippen molar-refractivity contribution in [3.05, 3.63) is 33.8 Å². The Balaban J connectivity index is 3.02. The van der Waals surface area contributed by atoms with Crippen molar-refractivity contribution in [1.29, 1.82) is 0 Å². The van der Waals surface area contributed by atoms with Crippen LogP contribution >= 0.6 is 11.6 Å². The summed E-state index contributed by atoms with van der Waals surface area (Å²) in [7, 11) is 0. The van der Waals surface area contributed by atoms with E-state index < -0.39 is 0 Å². The quantitative estimate of drug-likeness (QED) is 0.810. The molecule has 0 heterocycles. The van der Waals surface area contributed by atoms with Crippen LogP contribution in [0, 0.1) is 13.8 Å². The Bertz CT molecular complexity index is 320. The van der Waals surface area contributed by atoms with E-state index in [0.29, 0.717) is 0 Å². The number of benzene rings is 1. The van der Waals surface area contributed by atoms with Gasteiger partial charge in [0.1, 0.15) is 0 Å². The maximum Gasteiger partial charge on any atom is 0.0438 e. The van der Waals surface area contributed by atoms with Gasteiger partial charge in [0, 0.05) is 11.1 Å². The van der Waals surface area contributed by atoms with Gasteiger partial charge in [-0.1, -0.05) is 31.0 Å². The van der Waals surface area contributed by atoms with Gasteiger partial charge in [0.2, 0.25) is 0 Å². The molecule has 0 saturated carbocycles. The smallest absolute Gasteiger partial charge is 0.0438 e. The third-order valence-corrected chi connectivity index (χ3v) is 2.95. The SMILES string of the molecule is CCCC(N)c1cc(C)c(Cl)cc1C. The minimum absolute atomic E-state index is 0.149. The fraction of sp³-hybridized carbons (Fsp3) is 0.500. The lowest BCUT2D eigenvalue weighted by Gasteiger charge is -2.15. The highest BCUT2D eigenvalue weighted by Crippen LogP contribution is 2.25. The highest BCUT2D eigenvalue weighted by molar-refractivity contribution is 6.31. The predicted molar refractivity (Wildman–Crippen MR) is 62.8 cm³/mol. The van der Waals surface area contributed by atoms with E-state index in [2.05, 4.69) is 19.9 Å². The Hall–Kier alpha value is -0.530. The van der Waals surface area contributed by atoms with Crippen molar-refractivity contribution >= 4 is 11.6 Å². The molecule has 0 aromatic heterocycles. The predicted octanol–water partition coefficient (Wildman–Crippen LogP) is 3.76. The largest absolute Gasteiger partial charge is 0.324 e. The standard InChI is InChI=1S/C12H18ClN/c1-4-5-12(14)10-6-9(3)11(13)7-8(10)2/h6-7,12H,4-5,14H2,1-3H3. The highest BCUT2D eigenvalue weighted by Gasteiger charge is 2.09. The van der Waals surface area contributed by atoms with Crippen LogP contribution in [0.25, 0.3) is 0 Å². The van der Waals surface area contributed by atoms with E-state index in [-0.39, 0.29) is 6.04 Å². The van der Waals surface area contributed by atoms with Crippen LogP contribution in [0.15, 0.2) is 12.1 Å². The zero-order chi connectivity index (χ0) is 10.7. The van der Waals surface area contributed by atoms with Gasteiger partial charge in [-0.2, -0.15) is 0 Å². The van der Waals surface area contributed by atoms with E-state index in [4.69, 9.17) is 17.3 Å². The molecule has 0 bridgehead atoms. The Morgan fingerprint density at radius 2 is 1.93 bits per heavy atom. The molecule has 14 heavy (non-hydrogen) atoms. The lowest BCUT2D eigenvalue weighted by molar-refractivity contribution is 0.635. The summed E-state index contributed by atoms with van der Waals surface area (Å²) in [4.78, 5) is 0. The van der Waals surface area contributed by atoms with E-state index in [1.54, 1.807) is 0 Å². The fourth-order valence-corrected chi connectivity index (χ4v) is 1.89. The second kappa shape index (κ2) is 4.81. The lowest BCUT2D eigenvalue weighted by Crippen LogP contribution is -2.11. The van der Waals surface area contributed by atoms with Crippen LogP contribution < -0.4 is 5.73 Å². The molecular weight excluding hydrogens is 194 g/mol. The lowest BCUT2D eigenvalue weighted by atomic mass is 9.97. The molecule has 0 aliphatic carbocycles. The second-order valence-corrected chi connectivity index (χ2v) is 4.26. The monoisotopic (exact) mass is 211 g/mol. The molecule has 1 rings (SSSR count). The van der Waals surface area contributed by atoms with E-state index in [1.165, 1.54) is 11.1 Å². The molecule has 1 nitrogen and oxygen atoms in total. The van der Waals surface area contributed by atoms with Crippen LogP contribution in [0.1, 0.15) is 42.5 Å². The zero-order valence-corrected chi connectivity index (χ0v) is 9.86. The Morgan fingerprint density at radius 1 is 1.29 bits per heavy atom. The first-order valence-electron chi connectivity index (χ1n) is 5.08. The third kappa shape index (κ3) is 2.49. The van der Waals surface area contributed by atoms with Crippen LogP contribution in [-0.4, -0.2) is 0 Å². The minimum Gasteiger partial charge on any atom is -0.324 e. The average Bonchev–Trinajstić information content (AvgIpc) is 2.11. The van der Waals surface area contributed by atoms with Gasteiger partial charge in [0.05, 0.1) is 0 Å². The molecule has 1 aromatic carbocycles. The first-order chi connectivity index (χ1) is 6.56. The molecule has 2 N–H and O–H groups in total. The maximum atomic E-state index is 6.08. The number of aryl methyl sites for hydroxylation is 2. The number of hydrogen-bond acceptors (Lipinski definition) is 1. The van der Waals surface area contributed by atoms with Gasteiger partial charge in [-0.15, -0.1) is 0 Å². The Kier molecular flexibility index (Phi) is 3.97. The van der Waals surface area contributed by atoms with Crippen molar-refractivity contribution in [2.75, 3.05) is 0 Å². The topological polar surface area (TPSA) is 26.0 Å². The van der Waals surface area contributed by atoms with E-state index in [0.717, 1.165) is 23.4 Å². The molecule has 0 amide bonds. The molecule has 0 radical (unpaired) electrons. The van der Waals surface area contributed by atoms with Crippen LogP contribution in [0.2, 0.25) is 5.02 Å². The third-order valence-electron chi connectivity index (χ3n) is 2.55. The molecule has 0 aliphatic rings. The van der Waals surface area contributed by atoms with Crippen molar-refractivity contribution < 1.29 is 0 Å². The molecule has 1 atom stereocenters. The number of hydrogen-bond donors (Lipinski definition) is 1. The van der Waals surface area contributed by atoms with Gasteiger partial charge < -0.3 is 5.73 Å². The van der Waals surface area contributed by atoms with Gasteiger partial charge in [-0.25, -0.2) is 0 Å². The number of halogens is 1. The first-order valence-corrected chi connectivity index (χ1v) is 5.46. The number of nitrogens with two attached hydrogens (primary N) is 1. The summed E-state index contributed by atoms with van der Waals surface area (Å²) >= 11 is 6.03. The summed E-state index contributed by atoms with van der Waals surface area (Å²) in [6.45, 7) is 6.23. The molecular formula is C12H18ClN. The molecule has 0 saturated heterocycles. The summed E-state index contributed by atoms with van der Waals surface area (Å²) in [6, 6.07) is 4.26. The molecule has 1 aromatic rings. The van der Waals surface area contributed by atoms with Crippen molar-refractivity contribution in [1.82, 2.24) is 0 Å². The molecule has 0 fully saturated rings. The van der Waals surface area contributed by atoms with Crippen molar-refractivity contribution in [3.8, 4) is 0 Å². The van der Waals surface area contributed by atoms with Crippen LogP contribution in [0.3, 0.4) is 0 Å². The molecule has 0 aliphatic heterocycles. The van der Waals surface area contributed by atoms with E-state index in [1.807, 2.05) is 13.0 Å². The Morgan fingerprint density at radius 3 is 2.50 bits per heavy atom. The van der Waals surface area contributed by atoms with Crippen LogP contribution in [0.5, 0.6) is 0 Å². The maximum absolute atomic E-state index is 6.08. The van der Waals surface area contributed by atoms with Gasteiger partial charge >= 0.3 is 0 Å². The van der Waals surface area contributed by atoms with E-state index >= 15 is 0 Å². The fourth-order valence-electron chi connectivity index (χ4n) is 1.67. The Labute approximate surface area is 91.3 Å². The van der Waals surface area contributed by atoms with E-state index in [9.17, 15) is 0 Å². The van der Waals surface area contributed by atoms with Gasteiger partial charge in [-0.3, -0.25) is 0 Å². The molecule has 0 spiro atoms. The van der Waals surface area contributed by atoms with Gasteiger partial charge in [0.25, 0.3) is 0 Å². The summed E-state index contributed by atoms with van der Waals surface area (Å²) in [6.07, 6.45) is 2.14. The average molecular weight is 212 g/mol. The molecule has 1 unspecified atom stereocenters. The van der Waals surface area contributed by atoms with Crippen molar-refractivity contribution in [2.24, 2.45) is 5.73 Å². The van der Waals surface area contributed by atoms with Gasteiger partial charge in [-0.05, 0) is 43.0 Å². The van der Waals surface area contributed by atoms with Crippen LogP contribution in [-0.2, 0) is 0 Å². The van der Waals surface area contributed by atoms with Gasteiger partial charge in [0.15, 0.2) is 0 Å². The second-order valence-electron chi connectivity index (χ2n) is 3.85. The molecule has 2 heteroatoms. The minimum atomic E-state index is 0.149. The first kappa shape index (κ1) is 11.5. The zero-order valence-electron chi connectivity index (χ0n) is 9.10. The summed E-state index contributed by atoms with van der Waals surface area (Å²) in [5.74, 6) is 0. The number of rotatable bonds is 3. The molecule has 78 valence electrons. The van der Waals surface area contributed by atoms with Crippen molar-refractivity contribution in [2.45, 2.75) is 39.7 Å². The normalized spacial score (nSPS) is 12.9. The summed E-state index contributed by atoms with van der Waals surface area (Å²) in [5.41, 5.74) is 9.62. The highest BCUT2D eigenvalue weighted by atomic mass is 35.5. The van der Waals surface area contributed by atoms with Crippen molar-refractivity contribution in [3.63, 3.8) is 0 Å². The summed E-state index contributed by atoms with van der Waals surface area (Å²) < 4.78 is 0.